The molecule has 2 heteroatoms. The molecule has 0 aromatic carbocycles. The van der Waals surface area contributed by atoms with Crippen LogP contribution in [0.5, 0.6) is 0 Å². The topological polar surface area (TPSA) is 30.2 Å². The van der Waals surface area contributed by atoms with Gasteiger partial charge >= 0.3 is 5.63 Å². The minimum atomic E-state index is -0.206. The number of rotatable bonds is 3. The van der Waals surface area contributed by atoms with Gasteiger partial charge in [0.25, 0.3) is 0 Å². The molecule has 1 aromatic heterocycles. The van der Waals surface area contributed by atoms with E-state index in [9.17, 15) is 4.79 Å². The molecule has 0 aliphatic heterocycles. The Kier molecular flexibility index (Phi) is 3.89. The summed E-state index contributed by atoms with van der Waals surface area (Å²) in [5.74, 6) is 1.14. The average Bonchev–Trinajstić information content (AvgIpc) is 2.19. The van der Waals surface area contributed by atoms with Crippen LogP contribution in [0.1, 0.15) is 39.0 Å². The van der Waals surface area contributed by atoms with E-state index in [0.29, 0.717) is 11.7 Å². The van der Waals surface area contributed by atoms with Gasteiger partial charge in [-0.05, 0) is 43.9 Å². The van der Waals surface area contributed by atoms with Gasteiger partial charge in [0, 0.05) is 5.56 Å². The summed E-state index contributed by atoms with van der Waals surface area (Å²) in [6, 6.07) is 3.74. The lowest BCUT2D eigenvalue weighted by atomic mass is 10.0. The zero-order chi connectivity index (χ0) is 11.4. The first-order chi connectivity index (χ1) is 7.04. The first kappa shape index (κ1) is 11.8. The second-order valence-electron chi connectivity index (χ2n) is 4.18. The fraction of sp³-hybridized carbons (Fsp3) is 0.462. The molecular weight excluding hydrogens is 188 g/mol. The molecule has 0 amide bonds. The normalized spacial score (nSPS) is 12.2. The van der Waals surface area contributed by atoms with Crippen molar-refractivity contribution in [1.82, 2.24) is 0 Å². The Morgan fingerprint density at radius 3 is 2.60 bits per heavy atom. The third-order valence-corrected chi connectivity index (χ3v) is 2.35. The van der Waals surface area contributed by atoms with E-state index < -0.39 is 0 Å². The average molecular weight is 206 g/mol. The third kappa shape index (κ3) is 3.08. The molecule has 0 bridgehead atoms. The second-order valence-corrected chi connectivity index (χ2v) is 4.18. The van der Waals surface area contributed by atoms with E-state index in [1.165, 1.54) is 0 Å². The quantitative estimate of drug-likeness (QED) is 0.759. The Balaban J connectivity index is 3.04. The van der Waals surface area contributed by atoms with E-state index in [2.05, 4.69) is 13.8 Å². The Labute approximate surface area is 90.6 Å². The van der Waals surface area contributed by atoms with Crippen LogP contribution < -0.4 is 5.63 Å². The molecule has 0 saturated heterocycles. The fourth-order valence-corrected chi connectivity index (χ4v) is 1.39. The molecule has 82 valence electrons. The van der Waals surface area contributed by atoms with Crippen LogP contribution >= 0.6 is 0 Å². The second kappa shape index (κ2) is 4.96. The van der Waals surface area contributed by atoms with Crippen LogP contribution in [0.15, 0.2) is 27.4 Å². The Morgan fingerprint density at radius 2 is 2.13 bits per heavy atom. The van der Waals surface area contributed by atoms with Gasteiger partial charge in [-0.1, -0.05) is 19.9 Å². The van der Waals surface area contributed by atoms with Crippen LogP contribution in [0.25, 0.3) is 5.57 Å². The zero-order valence-electron chi connectivity index (χ0n) is 9.83. The molecule has 0 saturated carbocycles. The predicted molar refractivity (Wildman–Crippen MR) is 62.8 cm³/mol. The van der Waals surface area contributed by atoms with Crippen LogP contribution in [0.4, 0.5) is 0 Å². The summed E-state index contributed by atoms with van der Waals surface area (Å²) in [5.41, 5.74) is 1.54. The molecule has 0 atom stereocenters. The van der Waals surface area contributed by atoms with Crippen molar-refractivity contribution in [2.24, 2.45) is 5.92 Å². The minimum Gasteiger partial charge on any atom is -0.423 e. The predicted octanol–water partition coefficient (Wildman–Crippen LogP) is 3.26. The summed E-state index contributed by atoms with van der Waals surface area (Å²) in [6.45, 7) is 8.03. The summed E-state index contributed by atoms with van der Waals surface area (Å²) in [7, 11) is 0. The van der Waals surface area contributed by atoms with E-state index in [-0.39, 0.29) is 5.63 Å². The largest absolute Gasteiger partial charge is 0.423 e. The highest BCUT2D eigenvalue weighted by atomic mass is 16.4. The highest BCUT2D eigenvalue weighted by Crippen LogP contribution is 2.12. The van der Waals surface area contributed by atoms with Crippen molar-refractivity contribution in [2.45, 2.75) is 34.1 Å². The molecule has 0 aliphatic rings. The zero-order valence-corrected chi connectivity index (χ0v) is 9.83. The van der Waals surface area contributed by atoms with Gasteiger partial charge < -0.3 is 4.42 Å². The lowest BCUT2D eigenvalue weighted by molar-refractivity contribution is 0.480. The third-order valence-electron chi connectivity index (χ3n) is 2.35. The van der Waals surface area contributed by atoms with E-state index >= 15 is 0 Å². The summed E-state index contributed by atoms with van der Waals surface area (Å²) < 4.78 is 5.24. The van der Waals surface area contributed by atoms with Crippen molar-refractivity contribution in [2.75, 3.05) is 0 Å². The molecule has 15 heavy (non-hydrogen) atoms. The van der Waals surface area contributed by atoms with Crippen molar-refractivity contribution in [3.8, 4) is 0 Å². The van der Waals surface area contributed by atoms with E-state index in [4.69, 9.17) is 4.42 Å². The van der Waals surface area contributed by atoms with E-state index in [1.54, 1.807) is 0 Å². The van der Waals surface area contributed by atoms with Gasteiger partial charge in [0.2, 0.25) is 0 Å². The van der Waals surface area contributed by atoms with Crippen molar-refractivity contribution >= 4 is 5.57 Å². The highest BCUT2D eigenvalue weighted by molar-refractivity contribution is 5.58. The van der Waals surface area contributed by atoms with Gasteiger partial charge in [0.05, 0.1) is 0 Å². The maximum atomic E-state index is 11.6. The smallest absolute Gasteiger partial charge is 0.339 e. The molecular formula is C13H18O2. The lowest BCUT2D eigenvalue weighted by Crippen LogP contribution is -2.10. The molecule has 0 N–H and O–H groups in total. The molecule has 0 radical (unpaired) electrons. The molecule has 1 aromatic rings. The maximum absolute atomic E-state index is 11.6. The first-order valence-corrected chi connectivity index (χ1v) is 5.31. The van der Waals surface area contributed by atoms with E-state index in [0.717, 1.165) is 17.6 Å². The molecule has 1 rings (SSSR count). The standard InChI is InChI=1S/C13H18O2/c1-5-10(4)12-7-6-11(8-9(2)3)13(14)15-12/h5-7,9H,8H2,1-4H3. The van der Waals surface area contributed by atoms with Gasteiger partial charge in [0.1, 0.15) is 5.76 Å². The van der Waals surface area contributed by atoms with Crippen LogP contribution in [0.2, 0.25) is 0 Å². The number of hydrogen-bond donors (Lipinski definition) is 0. The van der Waals surface area contributed by atoms with Crippen LogP contribution in [-0.4, -0.2) is 0 Å². The van der Waals surface area contributed by atoms with Crippen molar-refractivity contribution in [1.29, 1.82) is 0 Å². The van der Waals surface area contributed by atoms with Gasteiger partial charge in [-0.2, -0.15) is 0 Å². The van der Waals surface area contributed by atoms with Crippen molar-refractivity contribution < 1.29 is 4.42 Å². The monoisotopic (exact) mass is 206 g/mol. The minimum absolute atomic E-state index is 0.206. The van der Waals surface area contributed by atoms with Crippen LogP contribution in [-0.2, 0) is 6.42 Å². The van der Waals surface area contributed by atoms with E-state index in [1.807, 2.05) is 32.1 Å². The summed E-state index contributed by atoms with van der Waals surface area (Å²) in [4.78, 5) is 11.6. The molecule has 0 fully saturated rings. The Morgan fingerprint density at radius 1 is 1.47 bits per heavy atom. The maximum Gasteiger partial charge on any atom is 0.339 e. The molecule has 2 nitrogen and oxygen atoms in total. The highest BCUT2D eigenvalue weighted by Gasteiger charge is 2.06. The molecule has 0 unspecified atom stereocenters. The SMILES string of the molecule is CC=C(C)c1ccc(CC(C)C)c(=O)o1. The summed E-state index contributed by atoms with van der Waals surface area (Å²) in [6.07, 6.45) is 2.71. The fourth-order valence-electron chi connectivity index (χ4n) is 1.39. The number of allylic oxidation sites excluding steroid dienone is 2. The summed E-state index contributed by atoms with van der Waals surface area (Å²) in [5, 5.41) is 0. The number of hydrogen-bond acceptors (Lipinski definition) is 2. The van der Waals surface area contributed by atoms with Gasteiger partial charge in [-0.25, -0.2) is 4.79 Å². The Bertz CT molecular complexity index is 411. The van der Waals surface area contributed by atoms with Crippen LogP contribution in [0, 0.1) is 5.92 Å². The molecule has 0 spiro atoms. The summed E-state index contributed by atoms with van der Waals surface area (Å²) >= 11 is 0. The van der Waals surface area contributed by atoms with Crippen molar-refractivity contribution in [3.05, 3.63) is 40.0 Å². The van der Waals surface area contributed by atoms with Gasteiger partial charge in [-0.3, -0.25) is 0 Å². The first-order valence-electron chi connectivity index (χ1n) is 5.31. The lowest BCUT2D eigenvalue weighted by Gasteiger charge is -2.04. The van der Waals surface area contributed by atoms with Crippen molar-refractivity contribution in [3.63, 3.8) is 0 Å². The van der Waals surface area contributed by atoms with Gasteiger partial charge in [-0.15, -0.1) is 0 Å². The molecule has 1 heterocycles. The Hall–Kier alpha value is -1.31. The molecule has 0 aliphatic carbocycles. The van der Waals surface area contributed by atoms with Gasteiger partial charge in [0.15, 0.2) is 0 Å². The van der Waals surface area contributed by atoms with Crippen LogP contribution in [0.3, 0.4) is 0 Å².